The van der Waals surface area contributed by atoms with Gasteiger partial charge in [-0.3, -0.25) is 0 Å². The monoisotopic (exact) mass is 511 g/mol. The number of anilines is 1. The van der Waals surface area contributed by atoms with Crippen LogP contribution in [0.15, 0.2) is 60.9 Å². The zero-order valence-electron chi connectivity index (χ0n) is 22.4. The second-order valence-electron chi connectivity index (χ2n) is 10.5. The molecule has 1 aliphatic heterocycles. The number of hydrogen-bond acceptors (Lipinski definition) is 7. The number of aliphatic hydroxyl groups is 1. The van der Waals surface area contributed by atoms with E-state index in [2.05, 4.69) is 71.7 Å². The van der Waals surface area contributed by atoms with Crippen molar-refractivity contribution >= 4 is 16.7 Å². The van der Waals surface area contributed by atoms with Crippen LogP contribution in [-0.2, 0) is 6.42 Å². The van der Waals surface area contributed by atoms with Crippen molar-refractivity contribution in [2.75, 3.05) is 18.4 Å². The SMILES string of the molecule is Cc1ccc2c(CC[C@@H](O)C(C)C)cccc2c1Oc1ncccc1-c1ccnc(N[C@H]2CCCNC2)n1. The Balaban J connectivity index is 1.45. The van der Waals surface area contributed by atoms with E-state index in [-0.39, 0.29) is 12.0 Å². The molecule has 0 unspecified atom stereocenters. The number of aliphatic hydroxyl groups excluding tert-OH is 1. The summed E-state index contributed by atoms with van der Waals surface area (Å²) in [7, 11) is 0. The molecule has 1 fully saturated rings. The van der Waals surface area contributed by atoms with Gasteiger partial charge in [0.25, 0.3) is 0 Å². The molecule has 198 valence electrons. The van der Waals surface area contributed by atoms with Gasteiger partial charge >= 0.3 is 0 Å². The smallest absolute Gasteiger partial charge is 0.228 e. The standard InChI is InChI=1S/C31H37N5O2/c1-20(2)28(37)14-12-22-7-4-9-25-24(22)13-11-21(3)29(25)38-30-26(10-6-17-33-30)27-15-18-34-31(36-27)35-23-8-5-16-32-19-23/h4,6-7,9-11,13,15,17-18,20,23,28,32,37H,5,8,12,14,16,19H2,1-3H3,(H,34,35,36)/t23-,28+/m0/s1. The van der Waals surface area contributed by atoms with E-state index in [9.17, 15) is 5.11 Å². The molecule has 7 heteroatoms. The van der Waals surface area contributed by atoms with Crippen LogP contribution in [0.2, 0.25) is 0 Å². The van der Waals surface area contributed by atoms with Gasteiger partial charge in [-0.1, -0.05) is 44.2 Å². The van der Waals surface area contributed by atoms with Crippen LogP contribution >= 0.6 is 0 Å². The van der Waals surface area contributed by atoms with Crippen molar-refractivity contribution in [2.24, 2.45) is 5.92 Å². The van der Waals surface area contributed by atoms with Crippen molar-refractivity contribution in [1.82, 2.24) is 20.3 Å². The lowest BCUT2D eigenvalue weighted by molar-refractivity contribution is 0.116. The van der Waals surface area contributed by atoms with Gasteiger partial charge in [-0.05, 0) is 79.8 Å². The molecule has 2 aromatic carbocycles. The molecule has 0 radical (unpaired) electrons. The highest BCUT2D eigenvalue weighted by atomic mass is 16.5. The molecule has 2 atom stereocenters. The van der Waals surface area contributed by atoms with E-state index >= 15 is 0 Å². The largest absolute Gasteiger partial charge is 0.437 e. The van der Waals surface area contributed by atoms with E-state index in [4.69, 9.17) is 9.72 Å². The highest BCUT2D eigenvalue weighted by Gasteiger charge is 2.18. The van der Waals surface area contributed by atoms with Gasteiger partial charge < -0.3 is 20.5 Å². The van der Waals surface area contributed by atoms with Crippen LogP contribution < -0.4 is 15.4 Å². The van der Waals surface area contributed by atoms with Crippen molar-refractivity contribution in [3.8, 4) is 22.9 Å². The summed E-state index contributed by atoms with van der Waals surface area (Å²) in [6.07, 6.45) is 6.98. The van der Waals surface area contributed by atoms with Crippen molar-refractivity contribution in [3.63, 3.8) is 0 Å². The zero-order valence-corrected chi connectivity index (χ0v) is 22.4. The Hall–Kier alpha value is -3.55. The predicted octanol–water partition coefficient (Wildman–Crippen LogP) is 5.91. The molecule has 3 N–H and O–H groups in total. The molecule has 38 heavy (non-hydrogen) atoms. The van der Waals surface area contributed by atoms with Crippen LogP contribution in [0.4, 0.5) is 5.95 Å². The number of nitrogens with zero attached hydrogens (tertiary/aromatic N) is 3. The molecule has 5 rings (SSSR count). The van der Waals surface area contributed by atoms with Crippen LogP contribution in [0.3, 0.4) is 0 Å². The summed E-state index contributed by atoms with van der Waals surface area (Å²) in [5.74, 6) is 2.15. The number of rotatable bonds is 9. The van der Waals surface area contributed by atoms with E-state index in [1.54, 1.807) is 12.4 Å². The number of pyridine rings is 1. The highest BCUT2D eigenvalue weighted by molar-refractivity contribution is 5.92. The minimum atomic E-state index is -0.316. The molecule has 0 aliphatic carbocycles. The van der Waals surface area contributed by atoms with Crippen molar-refractivity contribution < 1.29 is 9.84 Å². The molecule has 1 aliphatic rings. The number of nitrogens with one attached hydrogen (secondary N) is 2. The third kappa shape index (κ3) is 5.95. The lowest BCUT2D eigenvalue weighted by Crippen LogP contribution is -2.38. The maximum absolute atomic E-state index is 10.4. The van der Waals surface area contributed by atoms with Gasteiger partial charge in [0.2, 0.25) is 11.8 Å². The quantitative estimate of drug-likeness (QED) is 0.257. The van der Waals surface area contributed by atoms with Crippen molar-refractivity contribution in [1.29, 1.82) is 0 Å². The van der Waals surface area contributed by atoms with E-state index < -0.39 is 0 Å². The molecule has 7 nitrogen and oxygen atoms in total. The number of benzene rings is 2. The van der Waals surface area contributed by atoms with Gasteiger partial charge in [0.05, 0.1) is 17.4 Å². The maximum Gasteiger partial charge on any atom is 0.228 e. The third-order valence-electron chi connectivity index (χ3n) is 7.31. The summed E-state index contributed by atoms with van der Waals surface area (Å²) >= 11 is 0. The Labute approximate surface area is 224 Å². The molecule has 1 saturated heterocycles. The van der Waals surface area contributed by atoms with Gasteiger partial charge in [0, 0.05) is 30.4 Å². The summed E-state index contributed by atoms with van der Waals surface area (Å²) in [5, 5.41) is 19.4. The highest BCUT2D eigenvalue weighted by Crippen LogP contribution is 2.37. The summed E-state index contributed by atoms with van der Waals surface area (Å²) < 4.78 is 6.57. The van der Waals surface area contributed by atoms with E-state index in [0.29, 0.717) is 17.9 Å². The lowest BCUT2D eigenvalue weighted by atomic mass is 9.95. The minimum Gasteiger partial charge on any atom is -0.437 e. The van der Waals surface area contributed by atoms with Crippen LogP contribution in [0.25, 0.3) is 22.0 Å². The topological polar surface area (TPSA) is 92.2 Å². The van der Waals surface area contributed by atoms with Gasteiger partial charge in [0.15, 0.2) is 0 Å². The second kappa shape index (κ2) is 11.9. The number of hydrogen-bond donors (Lipinski definition) is 3. The molecule has 0 bridgehead atoms. The van der Waals surface area contributed by atoms with Crippen LogP contribution in [0, 0.1) is 12.8 Å². The lowest BCUT2D eigenvalue weighted by Gasteiger charge is -2.23. The molecule has 0 saturated carbocycles. The fourth-order valence-electron chi connectivity index (χ4n) is 4.99. The number of aryl methyl sites for hydroxylation is 2. The maximum atomic E-state index is 10.4. The molecule has 2 aromatic heterocycles. The average Bonchev–Trinajstić information content (AvgIpc) is 2.94. The van der Waals surface area contributed by atoms with Gasteiger partial charge in [-0.15, -0.1) is 0 Å². The average molecular weight is 512 g/mol. The second-order valence-corrected chi connectivity index (χ2v) is 10.5. The summed E-state index contributed by atoms with van der Waals surface area (Å²) in [5.41, 5.74) is 3.81. The minimum absolute atomic E-state index is 0.241. The molecule has 3 heterocycles. The van der Waals surface area contributed by atoms with Gasteiger partial charge in [0.1, 0.15) is 5.75 Å². The summed E-state index contributed by atoms with van der Waals surface area (Å²) in [6, 6.07) is 16.6. The van der Waals surface area contributed by atoms with Crippen LogP contribution in [-0.4, -0.2) is 45.3 Å². The van der Waals surface area contributed by atoms with Crippen LogP contribution in [0.1, 0.15) is 44.2 Å². The third-order valence-corrected chi connectivity index (χ3v) is 7.31. The van der Waals surface area contributed by atoms with E-state index in [1.165, 1.54) is 5.56 Å². The summed E-state index contributed by atoms with van der Waals surface area (Å²) in [4.78, 5) is 13.8. The Morgan fingerprint density at radius 1 is 1.05 bits per heavy atom. The van der Waals surface area contributed by atoms with Crippen molar-refractivity contribution in [3.05, 3.63) is 72.1 Å². The van der Waals surface area contributed by atoms with Gasteiger partial charge in [-0.25, -0.2) is 15.0 Å². The Bertz CT molecular complexity index is 1380. The first-order chi connectivity index (χ1) is 18.5. The number of fused-ring (bicyclic) bond motifs is 1. The van der Waals surface area contributed by atoms with Gasteiger partial charge in [-0.2, -0.15) is 0 Å². The number of piperidine rings is 1. The first-order valence-corrected chi connectivity index (χ1v) is 13.6. The fourth-order valence-corrected chi connectivity index (χ4v) is 4.99. The first-order valence-electron chi connectivity index (χ1n) is 13.6. The van der Waals surface area contributed by atoms with Crippen molar-refractivity contribution in [2.45, 2.75) is 58.6 Å². The Morgan fingerprint density at radius 2 is 1.95 bits per heavy atom. The predicted molar refractivity (Wildman–Crippen MR) is 153 cm³/mol. The molecular formula is C31H37N5O2. The fraction of sp³-hybridized carbons (Fsp3) is 0.387. The normalized spacial score (nSPS) is 16.5. The molecule has 0 spiro atoms. The first kappa shape index (κ1) is 26.1. The number of aromatic nitrogens is 3. The summed E-state index contributed by atoms with van der Waals surface area (Å²) in [6.45, 7) is 8.13. The van der Waals surface area contributed by atoms with E-state index in [0.717, 1.165) is 72.1 Å². The van der Waals surface area contributed by atoms with Crippen LogP contribution in [0.5, 0.6) is 11.6 Å². The Kier molecular flexibility index (Phi) is 8.15. The molecule has 0 amide bonds. The Morgan fingerprint density at radius 3 is 2.76 bits per heavy atom. The molecular weight excluding hydrogens is 474 g/mol. The zero-order chi connectivity index (χ0) is 26.5. The molecule has 4 aromatic rings. The number of ether oxygens (including phenoxy) is 1. The van der Waals surface area contributed by atoms with E-state index in [1.807, 2.05) is 18.2 Å².